The van der Waals surface area contributed by atoms with E-state index < -0.39 is 5.97 Å². The highest BCUT2D eigenvalue weighted by Gasteiger charge is 2.34. The standard InChI is InChI=1S/C24H31N5O3/c1-7-10-13-28(9-3)17-11-12-18(15(4)14-17)25-23-21(19(30)8-2)26-22-20(24(31)32-6)16(5)27-29(22)23/h11-12,14H,7-10,13H2,1-6H3. The zero-order valence-electron chi connectivity index (χ0n) is 19.7. The minimum atomic E-state index is -0.538. The van der Waals surface area contributed by atoms with E-state index in [1.165, 1.54) is 11.8 Å². The summed E-state index contributed by atoms with van der Waals surface area (Å²) in [5.74, 6) is -0.0757. The number of aliphatic imine (C=N–C) groups is 2. The lowest BCUT2D eigenvalue weighted by Gasteiger charge is -2.23. The maximum Gasteiger partial charge on any atom is 0.343 e. The largest absolute Gasteiger partial charge is 0.465 e. The molecule has 0 saturated carbocycles. The molecule has 0 N–H and O–H groups in total. The highest BCUT2D eigenvalue weighted by Crippen LogP contribution is 2.31. The van der Waals surface area contributed by atoms with Crippen LogP contribution in [0, 0.1) is 13.8 Å². The number of aromatic nitrogens is 2. The van der Waals surface area contributed by atoms with E-state index in [4.69, 9.17) is 9.73 Å². The van der Waals surface area contributed by atoms with Crippen LogP contribution < -0.4 is 4.90 Å². The lowest BCUT2D eigenvalue weighted by atomic mass is 10.1. The molecule has 0 bridgehead atoms. The number of aryl methyl sites for hydroxylation is 2. The quantitative estimate of drug-likeness (QED) is 0.537. The van der Waals surface area contributed by atoms with Crippen LogP contribution in [0.25, 0.3) is 0 Å². The van der Waals surface area contributed by atoms with Crippen LogP contribution in [-0.2, 0) is 9.53 Å². The summed E-state index contributed by atoms with van der Waals surface area (Å²) >= 11 is 0. The van der Waals surface area contributed by atoms with Gasteiger partial charge in [0, 0.05) is 25.2 Å². The molecule has 0 spiro atoms. The number of carbonyl (C=O) groups excluding carboxylic acids is 2. The molecule has 2 aromatic rings. The number of methoxy groups -OCH3 is 1. The minimum absolute atomic E-state index is 0.159. The second kappa shape index (κ2) is 9.89. The zero-order valence-corrected chi connectivity index (χ0v) is 19.7. The van der Waals surface area contributed by atoms with E-state index in [2.05, 4.69) is 34.9 Å². The van der Waals surface area contributed by atoms with Crippen molar-refractivity contribution >= 4 is 40.5 Å². The Kier molecular flexibility index (Phi) is 7.22. The number of carbonyl (C=O) groups is 2. The Morgan fingerprint density at radius 2 is 1.94 bits per heavy atom. The van der Waals surface area contributed by atoms with Crippen LogP contribution >= 0.6 is 0 Å². The number of anilines is 1. The van der Waals surface area contributed by atoms with Gasteiger partial charge in [0.15, 0.2) is 23.1 Å². The molecule has 32 heavy (non-hydrogen) atoms. The van der Waals surface area contributed by atoms with E-state index in [0.717, 1.165) is 42.9 Å². The Labute approximate surface area is 189 Å². The molecule has 0 atom stereocenters. The molecule has 8 nitrogen and oxygen atoms in total. The van der Waals surface area contributed by atoms with Gasteiger partial charge in [-0.15, -0.1) is 0 Å². The van der Waals surface area contributed by atoms with Crippen molar-refractivity contribution in [1.29, 1.82) is 0 Å². The van der Waals surface area contributed by atoms with Gasteiger partial charge in [0.1, 0.15) is 5.56 Å². The topological polar surface area (TPSA) is 89.2 Å². The lowest BCUT2D eigenvalue weighted by molar-refractivity contribution is -0.112. The third-order valence-electron chi connectivity index (χ3n) is 5.58. The fourth-order valence-corrected chi connectivity index (χ4v) is 3.71. The molecule has 1 aromatic heterocycles. The number of rotatable bonds is 9. The highest BCUT2D eigenvalue weighted by atomic mass is 16.5. The number of fused-ring (bicyclic) bond motifs is 1. The van der Waals surface area contributed by atoms with Gasteiger partial charge in [0.05, 0.1) is 18.5 Å². The highest BCUT2D eigenvalue weighted by molar-refractivity contribution is 6.69. The number of Topliss-reactive ketones (excluding diaryl/α,β-unsaturated/α-hetero) is 1. The van der Waals surface area contributed by atoms with Crippen LogP contribution in [0.5, 0.6) is 0 Å². The molecule has 0 fully saturated rings. The van der Waals surface area contributed by atoms with Crippen molar-refractivity contribution in [3.8, 4) is 0 Å². The summed E-state index contributed by atoms with van der Waals surface area (Å²) in [4.78, 5) is 36.4. The molecule has 1 aliphatic rings. The summed E-state index contributed by atoms with van der Waals surface area (Å²) < 4.78 is 6.35. The van der Waals surface area contributed by atoms with E-state index in [1.807, 2.05) is 19.1 Å². The summed E-state index contributed by atoms with van der Waals surface area (Å²) in [6.07, 6.45) is 2.56. The molecule has 170 valence electrons. The summed E-state index contributed by atoms with van der Waals surface area (Å²) in [5, 5.41) is 4.44. The maximum absolute atomic E-state index is 12.6. The van der Waals surface area contributed by atoms with E-state index in [9.17, 15) is 9.59 Å². The van der Waals surface area contributed by atoms with E-state index in [1.54, 1.807) is 13.8 Å². The summed E-state index contributed by atoms with van der Waals surface area (Å²) in [6, 6.07) is 6.12. The third-order valence-corrected chi connectivity index (χ3v) is 5.58. The van der Waals surface area contributed by atoms with Crippen molar-refractivity contribution < 1.29 is 14.3 Å². The molecule has 0 unspecified atom stereocenters. The number of benzene rings is 1. The molecule has 1 aromatic carbocycles. The molecular weight excluding hydrogens is 406 g/mol. The van der Waals surface area contributed by atoms with E-state index >= 15 is 0 Å². The van der Waals surface area contributed by atoms with Crippen LogP contribution in [-0.4, -0.2) is 53.3 Å². The number of nitrogens with zero attached hydrogens (tertiary/aromatic N) is 5. The predicted octanol–water partition coefficient (Wildman–Crippen LogP) is 4.56. The smallest absolute Gasteiger partial charge is 0.343 e. The second-order valence-electron chi connectivity index (χ2n) is 7.76. The van der Waals surface area contributed by atoms with Gasteiger partial charge in [-0.25, -0.2) is 14.8 Å². The molecule has 0 aliphatic carbocycles. The van der Waals surface area contributed by atoms with Crippen LogP contribution in [0.3, 0.4) is 0 Å². The predicted molar refractivity (Wildman–Crippen MR) is 127 cm³/mol. The van der Waals surface area contributed by atoms with Gasteiger partial charge >= 0.3 is 5.97 Å². The average Bonchev–Trinajstić information content (AvgIpc) is 3.29. The van der Waals surface area contributed by atoms with E-state index in [-0.39, 0.29) is 29.3 Å². The van der Waals surface area contributed by atoms with Crippen molar-refractivity contribution in [3.05, 3.63) is 35.0 Å². The van der Waals surface area contributed by atoms with Gasteiger partial charge in [-0.3, -0.25) is 4.79 Å². The first-order chi connectivity index (χ1) is 15.4. The Morgan fingerprint density at radius 3 is 2.53 bits per heavy atom. The fraction of sp³-hybridized carbons (Fsp3) is 0.458. The van der Waals surface area contributed by atoms with Gasteiger partial charge < -0.3 is 9.64 Å². The first-order valence-electron chi connectivity index (χ1n) is 11.1. The van der Waals surface area contributed by atoms with Gasteiger partial charge in [0.2, 0.25) is 0 Å². The van der Waals surface area contributed by atoms with Crippen LogP contribution in [0.2, 0.25) is 0 Å². The van der Waals surface area contributed by atoms with Gasteiger partial charge in [-0.1, -0.05) is 20.3 Å². The summed E-state index contributed by atoms with van der Waals surface area (Å²) in [7, 11) is 1.31. The maximum atomic E-state index is 12.6. The van der Waals surface area contributed by atoms with Crippen LogP contribution in [0.1, 0.15) is 61.6 Å². The third kappa shape index (κ3) is 4.35. The summed E-state index contributed by atoms with van der Waals surface area (Å²) in [5.41, 5.74) is 3.80. The number of hydrogen-bond acceptors (Lipinski definition) is 7. The van der Waals surface area contributed by atoms with Gasteiger partial charge in [-0.2, -0.15) is 9.78 Å². The molecule has 0 amide bonds. The van der Waals surface area contributed by atoms with Crippen molar-refractivity contribution in [1.82, 2.24) is 9.78 Å². The monoisotopic (exact) mass is 437 g/mol. The lowest BCUT2D eigenvalue weighted by Crippen LogP contribution is -2.26. The molecular formula is C24H31N5O3. The Morgan fingerprint density at radius 1 is 1.19 bits per heavy atom. The van der Waals surface area contributed by atoms with Gasteiger partial charge in [0.25, 0.3) is 0 Å². The molecule has 2 heterocycles. The van der Waals surface area contributed by atoms with Gasteiger partial charge in [-0.05, 0) is 51.0 Å². The Bertz CT molecular complexity index is 1100. The molecule has 8 heteroatoms. The normalized spacial score (nSPS) is 13.8. The number of ketones is 1. The summed E-state index contributed by atoms with van der Waals surface area (Å²) in [6.45, 7) is 11.8. The minimum Gasteiger partial charge on any atom is -0.465 e. The first kappa shape index (κ1) is 23.4. The van der Waals surface area contributed by atoms with E-state index in [0.29, 0.717) is 11.5 Å². The first-order valence-corrected chi connectivity index (χ1v) is 11.1. The number of unbranched alkanes of at least 4 members (excludes halogenated alkanes) is 1. The van der Waals surface area contributed by atoms with Crippen LogP contribution in [0.15, 0.2) is 28.2 Å². The van der Waals surface area contributed by atoms with Crippen molar-refractivity contribution in [3.63, 3.8) is 0 Å². The number of ether oxygens (including phenoxy) is 1. The molecule has 0 radical (unpaired) electrons. The van der Waals surface area contributed by atoms with Crippen molar-refractivity contribution in [2.45, 2.75) is 53.9 Å². The zero-order chi connectivity index (χ0) is 23.4. The van der Waals surface area contributed by atoms with Crippen molar-refractivity contribution in [2.75, 3.05) is 25.1 Å². The SMILES string of the molecule is CCCCN(CC)c1ccc(N=C2C(C(=O)CC)=Nc3c(C(=O)OC)c(C)nn32)c(C)c1. The number of hydrogen-bond donors (Lipinski definition) is 0. The average molecular weight is 438 g/mol. The molecule has 0 saturated heterocycles. The number of esters is 1. The molecule has 3 rings (SSSR count). The fourth-order valence-electron chi connectivity index (χ4n) is 3.71. The van der Waals surface area contributed by atoms with Crippen molar-refractivity contribution in [2.24, 2.45) is 9.98 Å². The van der Waals surface area contributed by atoms with Crippen LogP contribution in [0.4, 0.5) is 17.2 Å². The Balaban J connectivity index is 2.07. The Hall–Kier alpha value is -3.29. The molecule has 1 aliphatic heterocycles. The second-order valence-corrected chi connectivity index (χ2v) is 7.76.